The maximum atomic E-state index is 11.7. The summed E-state index contributed by atoms with van der Waals surface area (Å²) in [4.78, 5) is 22.3. The summed E-state index contributed by atoms with van der Waals surface area (Å²) in [5.74, 6) is 0.495. The fourth-order valence-corrected chi connectivity index (χ4v) is 2.83. The number of carbonyl (C=O) groups is 1. The molecule has 1 fully saturated rings. The number of morpholine rings is 1. The van der Waals surface area contributed by atoms with Gasteiger partial charge in [0, 0.05) is 32.0 Å². The monoisotopic (exact) mass is 366 g/mol. The topological polar surface area (TPSA) is 103 Å². The number of nitriles is 1. The van der Waals surface area contributed by atoms with Crippen molar-refractivity contribution in [2.45, 2.75) is 13.3 Å². The van der Waals surface area contributed by atoms with E-state index in [4.69, 9.17) is 4.74 Å². The van der Waals surface area contributed by atoms with E-state index in [0.29, 0.717) is 49.2 Å². The van der Waals surface area contributed by atoms with Gasteiger partial charge in [-0.2, -0.15) is 5.26 Å². The normalized spacial score (nSPS) is 18.1. The zero-order valence-corrected chi connectivity index (χ0v) is 15.2. The van der Waals surface area contributed by atoms with Gasteiger partial charge in [-0.05, 0) is 31.1 Å². The van der Waals surface area contributed by atoms with Crippen LogP contribution in [0.5, 0.6) is 0 Å². The van der Waals surface area contributed by atoms with Gasteiger partial charge in [-0.25, -0.2) is 9.97 Å². The van der Waals surface area contributed by atoms with Gasteiger partial charge < -0.3 is 20.3 Å². The van der Waals surface area contributed by atoms with E-state index in [1.165, 1.54) is 0 Å². The molecule has 1 amide bonds. The van der Waals surface area contributed by atoms with Gasteiger partial charge in [0.15, 0.2) is 0 Å². The third-order valence-electron chi connectivity index (χ3n) is 4.27. The minimum absolute atomic E-state index is 0.0301. The molecule has 2 N–H and O–H groups in total. The first-order valence-corrected chi connectivity index (χ1v) is 8.86. The molecule has 0 aromatic carbocycles. The second kappa shape index (κ2) is 8.96. The Labute approximate surface area is 158 Å². The Kier molecular flexibility index (Phi) is 6.18. The molecule has 0 atom stereocenters. The fraction of sp³-hybridized carbons (Fsp3) is 0.368. The summed E-state index contributed by atoms with van der Waals surface area (Å²) < 4.78 is 5.12. The maximum absolute atomic E-state index is 11.7. The van der Waals surface area contributed by atoms with Crippen LogP contribution >= 0.6 is 0 Å². The molecule has 3 heterocycles. The average Bonchev–Trinajstić information content (AvgIpc) is 2.70. The highest BCUT2D eigenvalue weighted by Gasteiger charge is 2.18. The Bertz CT molecular complexity index is 837. The summed E-state index contributed by atoms with van der Waals surface area (Å²) in [6.07, 6.45) is 9.82. The van der Waals surface area contributed by atoms with Crippen LogP contribution in [0.2, 0.25) is 0 Å². The molecule has 1 aromatic heterocycles. The first kappa shape index (κ1) is 18.6. The highest BCUT2D eigenvalue weighted by molar-refractivity contribution is 5.81. The molecule has 0 radical (unpaired) electrons. The summed E-state index contributed by atoms with van der Waals surface area (Å²) in [6, 6.07) is 2.23. The molecule has 0 unspecified atom stereocenters. The first-order chi connectivity index (χ1) is 13.2. The summed E-state index contributed by atoms with van der Waals surface area (Å²) in [7, 11) is 0. The maximum Gasteiger partial charge on any atom is 0.248 e. The highest BCUT2D eigenvalue weighted by atomic mass is 16.5. The van der Waals surface area contributed by atoms with Gasteiger partial charge in [-0.1, -0.05) is 6.08 Å². The quantitative estimate of drug-likeness (QED) is 0.579. The van der Waals surface area contributed by atoms with Gasteiger partial charge in [0.25, 0.3) is 0 Å². The number of rotatable bonds is 6. The van der Waals surface area contributed by atoms with E-state index in [9.17, 15) is 10.1 Å². The lowest BCUT2D eigenvalue weighted by molar-refractivity contribution is -0.142. The zero-order valence-electron chi connectivity index (χ0n) is 15.2. The largest absolute Gasteiger partial charge is 0.370 e. The Morgan fingerprint density at radius 2 is 2.37 bits per heavy atom. The van der Waals surface area contributed by atoms with Crippen molar-refractivity contribution in [3.05, 3.63) is 47.6 Å². The average molecular weight is 366 g/mol. The summed E-state index contributed by atoms with van der Waals surface area (Å²) >= 11 is 0. The number of carbonyl (C=O) groups excluding carboxylic acids is 1. The number of aryl methyl sites for hydroxylation is 1. The van der Waals surface area contributed by atoms with Crippen LogP contribution in [0.15, 0.2) is 36.3 Å². The predicted molar refractivity (Wildman–Crippen MR) is 101 cm³/mol. The van der Waals surface area contributed by atoms with Crippen LogP contribution in [0.25, 0.3) is 5.57 Å². The van der Waals surface area contributed by atoms with E-state index >= 15 is 0 Å². The molecule has 27 heavy (non-hydrogen) atoms. The van der Waals surface area contributed by atoms with Crippen molar-refractivity contribution < 1.29 is 9.53 Å². The molecule has 140 valence electrons. The van der Waals surface area contributed by atoms with Crippen LogP contribution in [0.4, 0.5) is 5.95 Å². The van der Waals surface area contributed by atoms with Crippen molar-refractivity contribution in [2.75, 3.05) is 38.2 Å². The van der Waals surface area contributed by atoms with E-state index in [1.54, 1.807) is 17.3 Å². The number of aromatic nitrogens is 2. The number of ether oxygens (including phenoxy) is 1. The third kappa shape index (κ3) is 4.71. The molecular formula is C19H22N6O2. The molecule has 8 heteroatoms. The van der Waals surface area contributed by atoms with Crippen molar-refractivity contribution in [1.29, 1.82) is 5.26 Å². The molecule has 1 aromatic rings. The first-order valence-electron chi connectivity index (χ1n) is 8.86. The lowest BCUT2D eigenvalue weighted by Gasteiger charge is -2.26. The van der Waals surface area contributed by atoms with E-state index in [2.05, 4.69) is 26.7 Å². The number of nitrogens with zero attached hydrogens (tertiary/aromatic N) is 4. The summed E-state index contributed by atoms with van der Waals surface area (Å²) in [5, 5.41) is 15.8. The van der Waals surface area contributed by atoms with Crippen LogP contribution in [0.3, 0.4) is 0 Å². The number of hydrogen-bond acceptors (Lipinski definition) is 7. The highest BCUT2D eigenvalue weighted by Crippen LogP contribution is 2.21. The van der Waals surface area contributed by atoms with Crippen LogP contribution in [0, 0.1) is 18.3 Å². The minimum Gasteiger partial charge on any atom is -0.370 e. The van der Waals surface area contributed by atoms with E-state index in [1.807, 2.05) is 25.2 Å². The second-order valence-corrected chi connectivity index (χ2v) is 6.20. The lowest BCUT2D eigenvalue weighted by atomic mass is 10.1. The van der Waals surface area contributed by atoms with Crippen LogP contribution in [-0.2, 0) is 9.53 Å². The van der Waals surface area contributed by atoms with Gasteiger partial charge in [-0.15, -0.1) is 0 Å². The Morgan fingerprint density at radius 1 is 1.48 bits per heavy atom. The number of anilines is 1. The number of hydrogen-bond donors (Lipinski definition) is 2. The van der Waals surface area contributed by atoms with E-state index in [0.717, 1.165) is 12.0 Å². The molecule has 2 aliphatic heterocycles. The third-order valence-corrected chi connectivity index (χ3v) is 4.27. The summed E-state index contributed by atoms with van der Waals surface area (Å²) in [6.45, 7) is 4.57. The molecule has 0 saturated carbocycles. The van der Waals surface area contributed by atoms with Crippen molar-refractivity contribution in [2.24, 2.45) is 0 Å². The Hall–Kier alpha value is -3.18. The van der Waals surface area contributed by atoms with Crippen LogP contribution in [0.1, 0.15) is 17.7 Å². The number of dihydropyridines is 1. The number of nitrogens with one attached hydrogen (secondary N) is 2. The van der Waals surface area contributed by atoms with Gasteiger partial charge >= 0.3 is 0 Å². The second-order valence-electron chi connectivity index (χ2n) is 6.20. The van der Waals surface area contributed by atoms with Crippen LogP contribution in [-0.4, -0.2) is 53.6 Å². The molecule has 0 spiro atoms. The van der Waals surface area contributed by atoms with Crippen LogP contribution < -0.4 is 10.6 Å². The number of amides is 1. The predicted octanol–water partition coefficient (Wildman–Crippen LogP) is 1.35. The molecular weight excluding hydrogens is 344 g/mol. The molecule has 1 saturated heterocycles. The van der Waals surface area contributed by atoms with Gasteiger partial charge in [-0.3, -0.25) is 4.79 Å². The Balaban J connectivity index is 1.63. The smallest absolute Gasteiger partial charge is 0.248 e. The van der Waals surface area contributed by atoms with Gasteiger partial charge in [0.2, 0.25) is 11.9 Å². The van der Waals surface area contributed by atoms with Crippen molar-refractivity contribution >= 4 is 17.4 Å². The van der Waals surface area contributed by atoms with Crippen molar-refractivity contribution in [3.63, 3.8) is 0 Å². The van der Waals surface area contributed by atoms with E-state index in [-0.39, 0.29) is 12.5 Å². The van der Waals surface area contributed by atoms with Gasteiger partial charge in [0.1, 0.15) is 18.2 Å². The Morgan fingerprint density at radius 3 is 3.11 bits per heavy atom. The zero-order chi connectivity index (χ0) is 19.1. The fourth-order valence-electron chi connectivity index (χ4n) is 2.83. The molecule has 2 aliphatic rings. The molecule has 3 rings (SSSR count). The van der Waals surface area contributed by atoms with Crippen molar-refractivity contribution in [3.8, 4) is 6.07 Å². The SMILES string of the molecule is Cc1cnc(NCCCN2CCOCC2=O)nc1/C(C#N)=C1\C=CC=CN1. The van der Waals surface area contributed by atoms with Crippen molar-refractivity contribution in [1.82, 2.24) is 20.2 Å². The van der Waals surface area contributed by atoms with E-state index < -0.39 is 0 Å². The summed E-state index contributed by atoms with van der Waals surface area (Å²) in [5.41, 5.74) is 2.60. The minimum atomic E-state index is 0.0301. The molecule has 0 aliphatic carbocycles. The molecule has 8 nitrogen and oxygen atoms in total. The number of allylic oxidation sites excluding steroid dienone is 4. The lowest BCUT2D eigenvalue weighted by Crippen LogP contribution is -2.42. The standard InChI is InChI=1S/C19H22N6O2/c1-14-12-23-19(22-7-4-8-25-9-10-27-13-17(25)26)24-18(14)15(11-20)16-5-2-3-6-21-16/h2-3,5-6,12,21H,4,7-10,13H2,1H3,(H,22,23,24)/b16-15+. The van der Waals surface area contributed by atoms with Gasteiger partial charge in [0.05, 0.1) is 18.0 Å². The molecule has 0 bridgehead atoms.